The van der Waals surface area contributed by atoms with Gasteiger partial charge in [-0.1, -0.05) is 15.9 Å². The fourth-order valence-corrected chi connectivity index (χ4v) is 1.55. The molecule has 0 bridgehead atoms. The highest BCUT2D eigenvalue weighted by Gasteiger charge is 1.97. The third-order valence-electron chi connectivity index (χ3n) is 1.16. The molecule has 0 unspecified atom stereocenters. The Bertz CT molecular complexity index is 213. The van der Waals surface area contributed by atoms with E-state index >= 15 is 0 Å². The van der Waals surface area contributed by atoms with Crippen molar-refractivity contribution in [2.75, 3.05) is 5.33 Å². The maximum absolute atomic E-state index is 3.40. The van der Waals surface area contributed by atoms with Crippen molar-refractivity contribution in [3.63, 3.8) is 0 Å². The summed E-state index contributed by atoms with van der Waals surface area (Å²) < 4.78 is 3.25. The van der Waals surface area contributed by atoms with Crippen LogP contribution in [0, 0.1) is 0 Å². The van der Waals surface area contributed by atoms with Crippen molar-refractivity contribution in [2.45, 2.75) is 6.54 Å². The van der Waals surface area contributed by atoms with E-state index in [0.29, 0.717) is 0 Å². The van der Waals surface area contributed by atoms with Crippen molar-refractivity contribution in [1.29, 1.82) is 0 Å². The van der Waals surface area contributed by atoms with Crippen molar-refractivity contribution < 1.29 is 4.57 Å². The molecule has 0 saturated carbocycles. The number of halogens is 2. The summed E-state index contributed by atoms with van der Waals surface area (Å²) >= 11 is 6.77. The Hall–Kier alpha value is 0.110. The molecule has 1 aromatic rings. The predicted molar refractivity (Wildman–Crippen MR) is 48.1 cm³/mol. The molecule has 1 heterocycles. The quantitative estimate of drug-likeness (QED) is 0.570. The summed E-state index contributed by atoms with van der Waals surface area (Å²) in [6.07, 6.45) is 4.10. The zero-order valence-corrected chi connectivity index (χ0v) is 8.60. The largest absolute Gasteiger partial charge is 0.203 e. The molecule has 10 heavy (non-hydrogen) atoms. The van der Waals surface area contributed by atoms with E-state index in [9.17, 15) is 0 Å². The summed E-state index contributed by atoms with van der Waals surface area (Å²) in [5, 5.41) is 0.994. The molecule has 0 spiro atoms. The van der Waals surface area contributed by atoms with Gasteiger partial charge >= 0.3 is 0 Å². The van der Waals surface area contributed by atoms with Crippen LogP contribution in [-0.2, 0) is 6.54 Å². The van der Waals surface area contributed by atoms with E-state index in [0.717, 1.165) is 16.3 Å². The highest BCUT2D eigenvalue weighted by atomic mass is 79.9. The lowest BCUT2D eigenvalue weighted by molar-refractivity contribution is -0.692. The molecule has 0 N–H and O–H groups in total. The van der Waals surface area contributed by atoms with Crippen LogP contribution in [0.3, 0.4) is 0 Å². The number of rotatable bonds is 2. The van der Waals surface area contributed by atoms with Gasteiger partial charge in [-0.15, -0.1) is 0 Å². The molecule has 1 rings (SSSR count). The minimum Gasteiger partial charge on any atom is -0.203 e. The van der Waals surface area contributed by atoms with Gasteiger partial charge in [-0.05, 0) is 22.0 Å². The van der Waals surface area contributed by atoms with Crippen LogP contribution in [0.2, 0.25) is 0 Å². The Balaban J connectivity index is 2.75. The lowest BCUT2D eigenvalue weighted by Gasteiger charge is -1.91. The number of hydrogen-bond donors (Lipinski definition) is 0. The third kappa shape index (κ3) is 2.39. The minimum absolute atomic E-state index is 0.994. The second-order valence-electron chi connectivity index (χ2n) is 1.95. The Morgan fingerprint density at radius 1 is 1.50 bits per heavy atom. The van der Waals surface area contributed by atoms with Crippen LogP contribution in [0.15, 0.2) is 29.0 Å². The number of nitrogens with zero attached hydrogens (tertiary/aromatic N) is 1. The van der Waals surface area contributed by atoms with Crippen LogP contribution in [0.5, 0.6) is 0 Å². The zero-order chi connectivity index (χ0) is 7.40. The molecule has 3 heteroatoms. The number of aryl methyl sites for hydroxylation is 1. The first-order valence-corrected chi connectivity index (χ1v) is 4.95. The molecule has 0 radical (unpaired) electrons. The standard InChI is InChI=1S/C7H8Br2N/c8-3-5-10-4-1-2-7(9)6-10/h1-2,4,6H,3,5H2/q+1. The molecular weight excluding hydrogens is 258 g/mol. The number of alkyl halides is 1. The molecule has 0 aromatic carbocycles. The smallest absolute Gasteiger partial charge is 0.183 e. The number of hydrogen-bond acceptors (Lipinski definition) is 0. The molecule has 0 atom stereocenters. The molecule has 1 aromatic heterocycles. The van der Waals surface area contributed by atoms with Crippen molar-refractivity contribution in [3.8, 4) is 0 Å². The van der Waals surface area contributed by atoms with E-state index < -0.39 is 0 Å². The summed E-state index contributed by atoms with van der Waals surface area (Å²) in [4.78, 5) is 0. The van der Waals surface area contributed by atoms with E-state index in [1.54, 1.807) is 0 Å². The average molecular weight is 266 g/mol. The van der Waals surface area contributed by atoms with E-state index in [-0.39, 0.29) is 0 Å². The van der Waals surface area contributed by atoms with Gasteiger partial charge in [0, 0.05) is 6.07 Å². The van der Waals surface area contributed by atoms with Gasteiger partial charge in [0.1, 0.15) is 0 Å². The summed E-state index contributed by atoms with van der Waals surface area (Å²) in [6, 6.07) is 4.04. The van der Waals surface area contributed by atoms with Crippen LogP contribution < -0.4 is 4.57 Å². The molecule has 54 valence electrons. The summed E-state index contributed by atoms with van der Waals surface area (Å²) in [7, 11) is 0. The Kier molecular flexibility index (Phi) is 3.35. The van der Waals surface area contributed by atoms with Gasteiger partial charge in [0.25, 0.3) is 0 Å². The zero-order valence-electron chi connectivity index (χ0n) is 5.43. The summed E-state index contributed by atoms with van der Waals surface area (Å²) in [5.41, 5.74) is 0. The van der Waals surface area contributed by atoms with Crippen molar-refractivity contribution in [1.82, 2.24) is 0 Å². The average Bonchev–Trinajstić information content (AvgIpc) is 1.88. The van der Waals surface area contributed by atoms with Crippen molar-refractivity contribution in [2.24, 2.45) is 0 Å². The third-order valence-corrected chi connectivity index (χ3v) is 1.99. The van der Waals surface area contributed by atoms with Gasteiger partial charge in [-0.2, -0.15) is 0 Å². The first-order valence-electron chi connectivity index (χ1n) is 3.03. The maximum Gasteiger partial charge on any atom is 0.183 e. The Labute approximate surface area is 77.3 Å². The van der Waals surface area contributed by atoms with E-state index in [1.807, 2.05) is 18.3 Å². The van der Waals surface area contributed by atoms with Gasteiger partial charge < -0.3 is 0 Å². The predicted octanol–water partition coefficient (Wildman–Crippen LogP) is 2.13. The molecule has 0 amide bonds. The fraction of sp³-hybridized carbons (Fsp3) is 0.286. The van der Waals surface area contributed by atoms with Gasteiger partial charge in [0.15, 0.2) is 18.9 Å². The van der Waals surface area contributed by atoms with Crippen LogP contribution >= 0.6 is 31.9 Å². The lowest BCUT2D eigenvalue weighted by atomic mass is 10.5. The first kappa shape index (κ1) is 8.21. The highest BCUT2D eigenvalue weighted by molar-refractivity contribution is 9.10. The first-order chi connectivity index (χ1) is 4.83. The summed E-state index contributed by atoms with van der Waals surface area (Å²) in [5.74, 6) is 0. The van der Waals surface area contributed by atoms with Gasteiger partial charge in [-0.25, -0.2) is 4.57 Å². The Morgan fingerprint density at radius 3 is 2.90 bits per heavy atom. The molecule has 0 aliphatic rings. The van der Waals surface area contributed by atoms with Crippen LogP contribution in [0.4, 0.5) is 0 Å². The van der Waals surface area contributed by atoms with E-state index in [2.05, 4.69) is 42.6 Å². The molecular formula is C7H8Br2N+. The maximum atomic E-state index is 3.40. The fourth-order valence-electron chi connectivity index (χ4n) is 0.727. The van der Waals surface area contributed by atoms with E-state index in [4.69, 9.17) is 0 Å². The topological polar surface area (TPSA) is 3.88 Å². The SMILES string of the molecule is BrCC[n+]1cccc(Br)c1. The van der Waals surface area contributed by atoms with Gasteiger partial charge in [-0.3, -0.25) is 0 Å². The normalized spacial score (nSPS) is 9.80. The van der Waals surface area contributed by atoms with Crippen LogP contribution in [-0.4, -0.2) is 5.33 Å². The monoisotopic (exact) mass is 264 g/mol. The second kappa shape index (κ2) is 4.09. The van der Waals surface area contributed by atoms with Crippen LogP contribution in [0.25, 0.3) is 0 Å². The van der Waals surface area contributed by atoms with Crippen LogP contribution in [0.1, 0.15) is 0 Å². The van der Waals surface area contributed by atoms with Gasteiger partial charge in [0.2, 0.25) is 0 Å². The minimum atomic E-state index is 0.994. The number of pyridine rings is 1. The molecule has 0 fully saturated rings. The van der Waals surface area contributed by atoms with Crippen molar-refractivity contribution >= 4 is 31.9 Å². The summed E-state index contributed by atoms with van der Waals surface area (Å²) in [6.45, 7) is 1.01. The highest BCUT2D eigenvalue weighted by Crippen LogP contribution is 2.02. The molecule has 1 nitrogen and oxygen atoms in total. The van der Waals surface area contributed by atoms with Gasteiger partial charge in [0.05, 0.1) is 9.80 Å². The lowest BCUT2D eigenvalue weighted by Crippen LogP contribution is -2.33. The molecule has 0 aliphatic heterocycles. The number of aromatic nitrogens is 1. The second-order valence-corrected chi connectivity index (χ2v) is 3.66. The van der Waals surface area contributed by atoms with Crippen molar-refractivity contribution in [3.05, 3.63) is 29.0 Å². The van der Waals surface area contributed by atoms with E-state index in [1.165, 1.54) is 0 Å². The molecule has 0 saturated heterocycles. The molecule has 0 aliphatic carbocycles. The Morgan fingerprint density at radius 2 is 2.30 bits per heavy atom.